The zero-order chi connectivity index (χ0) is 25.6. The minimum Gasteiger partial charge on any atom is -0.494 e. The number of amides is 1. The van der Waals surface area contributed by atoms with Crippen LogP contribution in [-0.2, 0) is 4.79 Å². The highest BCUT2D eigenvalue weighted by atomic mass is 16.5. The van der Waals surface area contributed by atoms with E-state index in [0.717, 1.165) is 44.9 Å². The number of hydrogen-bond donors (Lipinski definition) is 1. The van der Waals surface area contributed by atoms with Crippen molar-refractivity contribution in [2.75, 3.05) is 25.1 Å². The minimum atomic E-state index is -0.0164. The van der Waals surface area contributed by atoms with E-state index in [9.17, 15) is 4.79 Å². The molecule has 1 aromatic carbocycles. The number of unbranched alkanes of at least 4 members (excludes halogenated alkanes) is 5. The Hall–Kier alpha value is -2.69. The quantitative estimate of drug-likeness (QED) is 0.149. The third-order valence-corrected chi connectivity index (χ3v) is 5.27. The van der Waals surface area contributed by atoms with Crippen LogP contribution >= 0.6 is 0 Å². The Morgan fingerprint density at radius 2 is 1.26 bits per heavy atom. The van der Waals surface area contributed by atoms with Crippen molar-refractivity contribution in [3.63, 3.8) is 0 Å². The molecular weight excluding hydrogens is 438 g/mol. The number of nitrogens with one attached hydrogen (secondary N) is 1. The van der Waals surface area contributed by atoms with Gasteiger partial charge in [-0.2, -0.15) is 0 Å². The van der Waals surface area contributed by atoms with Crippen molar-refractivity contribution in [2.24, 2.45) is 0 Å². The first kappa shape index (κ1) is 30.3. The molecular formula is C30H47NO4. The molecule has 0 unspecified atom stereocenters. The van der Waals surface area contributed by atoms with E-state index in [1.807, 2.05) is 20.8 Å². The van der Waals surface area contributed by atoms with Gasteiger partial charge >= 0.3 is 0 Å². The maximum Gasteiger partial charge on any atom is 0.224 e. The van der Waals surface area contributed by atoms with Gasteiger partial charge in [0.05, 0.1) is 19.8 Å². The van der Waals surface area contributed by atoms with Gasteiger partial charge in [0, 0.05) is 18.6 Å². The molecule has 0 fully saturated rings. The van der Waals surface area contributed by atoms with Crippen molar-refractivity contribution in [3.8, 4) is 17.2 Å². The Morgan fingerprint density at radius 1 is 0.714 bits per heavy atom. The van der Waals surface area contributed by atoms with Gasteiger partial charge in [-0.25, -0.2) is 0 Å². The van der Waals surface area contributed by atoms with Gasteiger partial charge in [0.2, 0.25) is 5.91 Å². The molecule has 0 saturated heterocycles. The van der Waals surface area contributed by atoms with Crippen LogP contribution in [0.4, 0.5) is 5.69 Å². The van der Waals surface area contributed by atoms with Gasteiger partial charge in [-0.1, -0.05) is 62.6 Å². The van der Waals surface area contributed by atoms with Crippen LogP contribution in [0, 0.1) is 0 Å². The zero-order valence-electron chi connectivity index (χ0n) is 22.4. The predicted molar refractivity (Wildman–Crippen MR) is 148 cm³/mol. The SMILES string of the molecule is CCC=CCC=CCC=CCCCCCCCC(=O)Nc1c(OCC)cc(OCC)cc1OCC. The summed E-state index contributed by atoms with van der Waals surface area (Å²) in [6, 6.07) is 3.61. The first-order valence-corrected chi connectivity index (χ1v) is 13.5. The molecule has 5 heteroatoms. The van der Waals surface area contributed by atoms with Crippen molar-refractivity contribution < 1.29 is 19.0 Å². The van der Waals surface area contributed by atoms with E-state index in [0.29, 0.717) is 49.2 Å². The molecule has 1 rings (SSSR count). The van der Waals surface area contributed by atoms with Crippen molar-refractivity contribution in [2.45, 2.75) is 91.9 Å². The predicted octanol–water partition coefficient (Wildman–Crippen LogP) is 8.41. The van der Waals surface area contributed by atoms with Gasteiger partial charge in [0.15, 0.2) is 0 Å². The average Bonchev–Trinajstić information content (AvgIpc) is 2.84. The second-order valence-corrected chi connectivity index (χ2v) is 8.24. The molecule has 0 aliphatic rings. The van der Waals surface area contributed by atoms with Gasteiger partial charge < -0.3 is 19.5 Å². The summed E-state index contributed by atoms with van der Waals surface area (Å²) >= 11 is 0. The van der Waals surface area contributed by atoms with Crippen LogP contribution in [0.5, 0.6) is 17.2 Å². The van der Waals surface area contributed by atoms with Crippen LogP contribution in [0.15, 0.2) is 48.6 Å². The Labute approximate surface area is 213 Å². The van der Waals surface area contributed by atoms with E-state index < -0.39 is 0 Å². The molecule has 0 atom stereocenters. The normalized spacial score (nSPS) is 11.5. The molecule has 0 aromatic heterocycles. The van der Waals surface area contributed by atoms with Crippen molar-refractivity contribution in [1.29, 1.82) is 0 Å². The highest BCUT2D eigenvalue weighted by Gasteiger charge is 2.17. The van der Waals surface area contributed by atoms with Crippen molar-refractivity contribution >= 4 is 11.6 Å². The molecule has 0 aliphatic heterocycles. The highest BCUT2D eigenvalue weighted by molar-refractivity contribution is 5.94. The van der Waals surface area contributed by atoms with Gasteiger partial charge in [-0.15, -0.1) is 0 Å². The maximum absolute atomic E-state index is 12.6. The monoisotopic (exact) mass is 485 g/mol. The number of rotatable bonds is 20. The maximum atomic E-state index is 12.6. The molecule has 0 bridgehead atoms. The lowest BCUT2D eigenvalue weighted by Gasteiger charge is -2.18. The van der Waals surface area contributed by atoms with Crippen LogP contribution in [0.2, 0.25) is 0 Å². The van der Waals surface area contributed by atoms with E-state index in [-0.39, 0.29) is 5.91 Å². The molecule has 0 spiro atoms. The molecule has 1 aromatic rings. The lowest BCUT2D eigenvalue weighted by molar-refractivity contribution is -0.116. The Morgan fingerprint density at radius 3 is 1.86 bits per heavy atom. The summed E-state index contributed by atoms with van der Waals surface area (Å²) in [7, 11) is 0. The van der Waals surface area contributed by atoms with Crippen LogP contribution in [0.3, 0.4) is 0 Å². The van der Waals surface area contributed by atoms with E-state index in [2.05, 4.69) is 48.7 Å². The Balaban J connectivity index is 2.32. The van der Waals surface area contributed by atoms with Crippen LogP contribution < -0.4 is 19.5 Å². The number of allylic oxidation sites excluding steroid dienone is 6. The van der Waals surface area contributed by atoms with E-state index >= 15 is 0 Å². The van der Waals surface area contributed by atoms with Gasteiger partial charge in [0.1, 0.15) is 22.9 Å². The van der Waals surface area contributed by atoms with E-state index in [4.69, 9.17) is 14.2 Å². The lowest BCUT2D eigenvalue weighted by atomic mass is 10.1. The second-order valence-electron chi connectivity index (χ2n) is 8.24. The minimum absolute atomic E-state index is 0.0164. The summed E-state index contributed by atoms with van der Waals surface area (Å²) in [5.41, 5.74) is 0.584. The largest absolute Gasteiger partial charge is 0.494 e. The standard InChI is InChI=1S/C30H47NO4/c1-5-9-10-11-12-13-14-15-16-17-18-19-20-21-22-23-29(32)31-30-27(34-7-3)24-26(33-6-2)25-28(30)35-8-4/h9-10,12-13,15-16,24-25H,5-8,11,14,17-23H2,1-4H3,(H,31,32). The summed E-state index contributed by atoms with van der Waals surface area (Å²) in [6.07, 6.45) is 23.6. The third kappa shape index (κ3) is 14.3. The topological polar surface area (TPSA) is 56.8 Å². The highest BCUT2D eigenvalue weighted by Crippen LogP contribution is 2.39. The fraction of sp³-hybridized carbons (Fsp3) is 0.567. The number of carbonyl (C=O) groups excluding carboxylic acids is 1. The molecule has 0 saturated carbocycles. The summed E-state index contributed by atoms with van der Waals surface area (Å²) in [5, 5.41) is 3.00. The molecule has 35 heavy (non-hydrogen) atoms. The number of carbonyl (C=O) groups is 1. The van der Waals surface area contributed by atoms with Crippen LogP contribution in [-0.4, -0.2) is 25.7 Å². The summed E-state index contributed by atoms with van der Waals surface area (Å²) < 4.78 is 17.1. The van der Waals surface area contributed by atoms with E-state index in [1.54, 1.807) is 12.1 Å². The molecule has 196 valence electrons. The number of benzene rings is 1. The van der Waals surface area contributed by atoms with Gasteiger partial charge in [0.25, 0.3) is 0 Å². The molecule has 0 radical (unpaired) electrons. The molecule has 5 nitrogen and oxygen atoms in total. The summed E-state index contributed by atoms with van der Waals surface area (Å²) in [4.78, 5) is 12.6. The first-order chi connectivity index (χ1) is 17.2. The van der Waals surface area contributed by atoms with Crippen molar-refractivity contribution in [3.05, 3.63) is 48.6 Å². The van der Waals surface area contributed by atoms with Crippen molar-refractivity contribution in [1.82, 2.24) is 0 Å². The third-order valence-electron chi connectivity index (χ3n) is 5.27. The van der Waals surface area contributed by atoms with Gasteiger partial charge in [-0.05, 0) is 59.3 Å². The summed E-state index contributed by atoms with van der Waals surface area (Å²) in [5.74, 6) is 1.81. The van der Waals surface area contributed by atoms with E-state index in [1.165, 1.54) is 12.8 Å². The number of anilines is 1. The zero-order valence-corrected chi connectivity index (χ0v) is 22.4. The molecule has 1 amide bonds. The fourth-order valence-electron chi connectivity index (χ4n) is 3.58. The van der Waals surface area contributed by atoms with Crippen LogP contribution in [0.25, 0.3) is 0 Å². The smallest absolute Gasteiger partial charge is 0.224 e. The van der Waals surface area contributed by atoms with Gasteiger partial charge in [-0.3, -0.25) is 4.79 Å². The van der Waals surface area contributed by atoms with Crippen LogP contribution in [0.1, 0.15) is 91.9 Å². The number of hydrogen-bond acceptors (Lipinski definition) is 4. The average molecular weight is 486 g/mol. The fourth-order valence-corrected chi connectivity index (χ4v) is 3.58. The Bertz CT molecular complexity index is 756. The lowest BCUT2D eigenvalue weighted by Crippen LogP contribution is -2.14. The summed E-state index contributed by atoms with van der Waals surface area (Å²) in [6.45, 7) is 9.45. The molecule has 0 heterocycles. The first-order valence-electron chi connectivity index (χ1n) is 13.5. The molecule has 0 aliphatic carbocycles. The second kappa shape index (κ2) is 20.7. The Kier molecular flexibility index (Phi) is 17.9. The number of ether oxygens (including phenoxy) is 3. The molecule has 1 N–H and O–H groups in total.